The number of anilines is 2. The van der Waals surface area contributed by atoms with E-state index >= 15 is 0 Å². The SMILES string of the molecule is O=S(=O)(Cl)c1ccc(Nc2nnc(Sc3ccc(Br)cc3)s2)cc1. The quantitative estimate of drug-likeness (QED) is 0.530. The van der Waals surface area contributed by atoms with Gasteiger partial charge in [0.1, 0.15) is 0 Å². The zero-order valence-corrected chi connectivity index (χ0v) is 16.6. The number of rotatable bonds is 5. The smallest absolute Gasteiger partial charge is 0.261 e. The van der Waals surface area contributed by atoms with Crippen LogP contribution in [0.2, 0.25) is 0 Å². The van der Waals surface area contributed by atoms with Crippen LogP contribution in [0.25, 0.3) is 0 Å². The molecule has 0 spiro atoms. The van der Waals surface area contributed by atoms with Gasteiger partial charge < -0.3 is 5.32 Å². The lowest BCUT2D eigenvalue weighted by Gasteiger charge is -2.02. The maximum Gasteiger partial charge on any atom is 0.261 e. The van der Waals surface area contributed by atoms with Gasteiger partial charge in [0.25, 0.3) is 9.05 Å². The predicted octanol–water partition coefficient (Wildman–Crippen LogP) is 5.12. The van der Waals surface area contributed by atoms with Crippen LogP contribution in [-0.2, 0) is 9.05 Å². The lowest BCUT2D eigenvalue weighted by molar-refractivity contribution is 0.609. The summed E-state index contributed by atoms with van der Waals surface area (Å²) >= 11 is 6.33. The van der Waals surface area contributed by atoms with E-state index in [1.807, 2.05) is 24.3 Å². The second-order valence-corrected chi connectivity index (χ2v) is 10.3. The molecule has 0 saturated carbocycles. The third-order valence-corrected chi connectivity index (χ3v) is 6.61. The van der Waals surface area contributed by atoms with Gasteiger partial charge in [0.05, 0.1) is 4.90 Å². The topological polar surface area (TPSA) is 72.0 Å². The van der Waals surface area contributed by atoms with Crippen molar-refractivity contribution in [2.24, 2.45) is 0 Å². The molecule has 0 aliphatic heterocycles. The predicted molar refractivity (Wildman–Crippen MR) is 101 cm³/mol. The first kappa shape index (κ1) is 17.7. The molecule has 124 valence electrons. The van der Waals surface area contributed by atoms with Gasteiger partial charge in [0, 0.05) is 25.7 Å². The highest BCUT2D eigenvalue weighted by Gasteiger charge is 2.10. The van der Waals surface area contributed by atoms with Gasteiger partial charge in [-0.2, -0.15) is 0 Å². The van der Waals surface area contributed by atoms with Crippen LogP contribution in [0, 0.1) is 0 Å². The van der Waals surface area contributed by atoms with Crippen molar-refractivity contribution in [1.82, 2.24) is 10.2 Å². The number of halogens is 2. The van der Waals surface area contributed by atoms with Gasteiger partial charge in [-0.1, -0.05) is 39.0 Å². The molecule has 3 rings (SSSR count). The summed E-state index contributed by atoms with van der Waals surface area (Å²) in [4.78, 5) is 1.12. The van der Waals surface area contributed by atoms with Crippen molar-refractivity contribution in [2.45, 2.75) is 14.1 Å². The Hall–Kier alpha value is -1.13. The average Bonchev–Trinajstić information content (AvgIpc) is 2.96. The van der Waals surface area contributed by atoms with E-state index in [4.69, 9.17) is 10.7 Å². The molecule has 0 aliphatic carbocycles. The van der Waals surface area contributed by atoms with E-state index in [1.54, 1.807) is 12.1 Å². The fourth-order valence-electron chi connectivity index (χ4n) is 1.73. The largest absolute Gasteiger partial charge is 0.330 e. The monoisotopic (exact) mass is 461 g/mol. The summed E-state index contributed by atoms with van der Waals surface area (Å²) in [7, 11) is 1.57. The van der Waals surface area contributed by atoms with E-state index in [2.05, 4.69) is 31.4 Å². The Morgan fingerprint density at radius 3 is 2.33 bits per heavy atom. The van der Waals surface area contributed by atoms with Crippen molar-refractivity contribution in [2.75, 3.05) is 5.32 Å². The Bertz CT molecular complexity index is 944. The number of hydrogen-bond donors (Lipinski definition) is 1. The van der Waals surface area contributed by atoms with E-state index in [9.17, 15) is 8.42 Å². The van der Waals surface area contributed by atoms with E-state index in [0.717, 1.165) is 13.7 Å². The van der Waals surface area contributed by atoms with Crippen LogP contribution in [0.1, 0.15) is 0 Å². The van der Waals surface area contributed by atoms with Crippen molar-refractivity contribution in [3.63, 3.8) is 0 Å². The molecule has 0 unspecified atom stereocenters. The minimum Gasteiger partial charge on any atom is -0.330 e. The van der Waals surface area contributed by atoms with Gasteiger partial charge in [0.15, 0.2) is 4.34 Å². The Morgan fingerprint density at radius 2 is 1.71 bits per heavy atom. The Labute approximate surface area is 160 Å². The van der Waals surface area contributed by atoms with Crippen LogP contribution >= 0.6 is 49.7 Å². The van der Waals surface area contributed by atoms with Crippen molar-refractivity contribution >= 4 is 69.6 Å². The molecule has 2 aromatic carbocycles. The lowest BCUT2D eigenvalue weighted by Crippen LogP contribution is -1.92. The second kappa shape index (κ2) is 7.40. The van der Waals surface area contributed by atoms with E-state index in [-0.39, 0.29) is 4.90 Å². The summed E-state index contributed by atoms with van der Waals surface area (Å²) in [5, 5.41) is 11.9. The van der Waals surface area contributed by atoms with Gasteiger partial charge >= 0.3 is 0 Å². The Balaban J connectivity index is 1.68. The fourth-order valence-corrected chi connectivity index (χ4v) is 4.51. The molecule has 0 radical (unpaired) electrons. The molecule has 0 fully saturated rings. The average molecular weight is 463 g/mol. The molecule has 5 nitrogen and oxygen atoms in total. The minimum absolute atomic E-state index is 0.0541. The van der Waals surface area contributed by atoms with Crippen molar-refractivity contribution in [3.05, 3.63) is 53.0 Å². The molecule has 0 atom stereocenters. The minimum atomic E-state index is -3.71. The number of aromatic nitrogens is 2. The summed E-state index contributed by atoms with van der Waals surface area (Å²) in [5.74, 6) is 0. The molecule has 0 saturated heterocycles. The summed E-state index contributed by atoms with van der Waals surface area (Å²) < 4.78 is 24.3. The molecule has 1 heterocycles. The van der Waals surface area contributed by atoms with Gasteiger partial charge in [-0.15, -0.1) is 10.2 Å². The van der Waals surface area contributed by atoms with Gasteiger partial charge in [0.2, 0.25) is 5.13 Å². The van der Waals surface area contributed by atoms with Crippen LogP contribution < -0.4 is 5.32 Å². The number of benzene rings is 2. The maximum atomic E-state index is 11.2. The van der Waals surface area contributed by atoms with Crippen LogP contribution in [0.4, 0.5) is 10.8 Å². The molecule has 0 aliphatic rings. The standard InChI is InChI=1S/C14H9BrClN3O2S3/c15-9-1-5-11(6-2-9)22-14-19-18-13(23-14)17-10-3-7-12(8-4-10)24(16,20)21/h1-8H,(H,17,18). The highest BCUT2D eigenvalue weighted by molar-refractivity contribution is 9.10. The van der Waals surface area contributed by atoms with Gasteiger partial charge in [-0.05, 0) is 48.5 Å². The number of nitrogens with zero attached hydrogens (tertiary/aromatic N) is 2. The Morgan fingerprint density at radius 1 is 1.04 bits per heavy atom. The van der Waals surface area contributed by atoms with Crippen molar-refractivity contribution in [1.29, 1.82) is 0 Å². The summed E-state index contributed by atoms with van der Waals surface area (Å²) in [6.07, 6.45) is 0. The summed E-state index contributed by atoms with van der Waals surface area (Å²) in [6, 6.07) is 14.0. The van der Waals surface area contributed by atoms with Crippen LogP contribution in [0.3, 0.4) is 0 Å². The maximum absolute atomic E-state index is 11.2. The highest BCUT2D eigenvalue weighted by atomic mass is 79.9. The first-order chi connectivity index (χ1) is 11.4. The van der Waals surface area contributed by atoms with Crippen molar-refractivity contribution < 1.29 is 8.42 Å². The number of nitrogens with one attached hydrogen (secondary N) is 1. The molecular formula is C14H9BrClN3O2S3. The third kappa shape index (κ3) is 4.70. The normalized spacial score (nSPS) is 11.4. The molecular weight excluding hydrogens is 454 g/mol. The van der Waals surface area contributed by atoms with E-state index < -0.39 is 9.05 Å². The zero-order valence-electron chi connectivity index (χ0n) is 11.8. The Kier molecular flexibility index (Phi) is 5.46. The number of hydrogen-bond acceptors (Lipinski definition) is 7. The second-order valence-electron chi connectivity index (χ2n) is 4.52. The molecule has 1 aromatic heterocycles. The van der Waals surface area contributed by atoms with Crippen LogP contribution in [0.5, 0.6) is 0 Å². The van der Waals surface area contributed by atoms with Crippen molar-refractivity contribution in [3.8, 4) is 0 Å². The highest BCUT2D eigenvalue weighted by Crippen LogP contribution is 2.33. The van der Waals surface area contributed by atoms with Crippen LogP contribution in [-0.4, -0.2) is 18.6 Å². The van der Waals surface area contributed by atoms with Crippen LogP contribution in [0.15, 0.2) is 67.1 Å². The molecule has 0 amide bonds. The molecule has 0 bridgehead atoms. The third-order valence-electron chi connectivity index (χ3n) is 2.81. The molecule has 1 N–H and O–H groups in total. The molecule has 3 aromatic rings. The fraction of sp³-hybridized carbons (Fsp3) is 0. The first-order valence-electron chi connectivity index (χ1n) is 6.49. The zero-order chi connectivity index (χ0) is 17.2. The lowest BCUT2D eigenvalue weighted by atomic mass is 10.3. The van der Waals surface area contributed by atoms with E-state index in [1.165, 1.54) is 35.2 Å². The van der Waals surface area contributed by atoms with Gasteiger partial charge in [-0.3, -0.25) is 0 Å². The molecule has 10 heteroatoms. The molecule has 24 heavy (non-hydrogen) atoms. The summed E-state index contributed by atoms with van der Waals surface area (Å²) in [5.41, 5.74) is 0.704. The first-order valence-corrected chi connectivity index (χ1v) is 11.2. The summed E-state index contributed by atoms with van der Waals surface area (Å²) in [6.45, 7) is 0. The van der Waals surface area contributed by atoms with E-state index in [0.29, 0.717) is 10.8 Å². The van der Waals surface area contributed by atoms with Gasteiger partial charge in [-0.25, -0.2) is 8.42 Å².